The number of rotatable bonds is 3. The van der Waals surface area contributed by atoms with Gasteiger partial charge in [0.25, 0.3) is 5.91 Å². The van der Waals surface area contributed by atoms with Gasteiger partial charge < -0.3 is 9.84 Å². The molecule has 1 amide bonds. The van der Waals surface area contributed by atoms with E-state index in [1.54, 1.807) is 31.2 Å². The Bertz CT molecular complexity index is 643. The number of hydrazine groups is 1. The second-order valence-corrected chi connectivity index (χ2v) is 4.20. The third-order valence-corrected chi connectivity index (χ3v) is 2.83. The fourth-order valence-electron chi connectivity index (χ4n) is 1.85. The molecule has 1 aromatic rings. The van der Waals surface area contributed by atoms with Gasteiger partial charge >= 0.3 is 5.97 Å². The molecule has 0 aromatic heterocycles. The van der Waals surface area contributed by atoms with Crippen molar-refractivity contribution in [2.45, 2.75) is 6.92 Å². The van der Waals surface area contributed by atoms with E-state index in [1.165, 1.54) is 5.01 Å². The van der Waals surface area contributed by atoms with Crippen molar-refractivity contribution in [2.24, 2.45) is 0 Å². The summed E-state index contributed by atoms with van der Waals surface area (Å²) in [6.07, 6.45) is 0. The highest BCUT2D eigenvalue weighted by Gasteiger charge is 2.31. The van der Waals surface area contributed by atoms with Crippen molar-refractivity contribution in [1.29, 1.82) is 0 Å². The molecule has 21 heavy (non-hydrogen) atoms. The lowest BCUT2D eigenvalue weighted by atomic mass is 10.1. The Labute approximate surface area is 121 Å². The number of carbonyl (C=O) groups excluding carboxylic acids is 2. The van der Waals surface area contributed by atoms with Crippen LogP contribution in [0.1, 0.15) is 6.92 Å². The molecule has 0 atom stereocenters. The van der Waals surface area contributed by atoms with Crippen LogP contribution in [0.15, 0.2) is 35.6 Å². The average molecular weight is 287 g/mol. The average Bonchev–Trinajstić information content (AvgIpc) is 2.47. The Morgan fingerprint density at radius 1 is 1.48 bits per heavy atom. The summed E-state index contributed by atoms with van der Waals surface area (Å²) in [5.74, 6) is -1.94. The van der Waals surface area contributed by atoms with E-state index < -0.39 is 11.9 Å². The molecule has 108 valence electrons. The first-order valence-electron chi connectivity index (χ1n) is 6.22. The molecular weight excluding hydrogens is 274 g/mol. The number of amides is 1. The van der Waals surface area contributed by atoms with Crippen LogP contribution < -0.4 is 10.4 Å². The zero-order valence-corrected chi connectivity index (χ0v) is 11.3. The summed E-state index contributed by atoms with van der Waals surface area (Å²) in [5.41, 5.74) is 3.16. The van der Waals surface area contributed by atoms with Gasteiger partial charge in [-0.25, -0.2) is 9.64 Å². The summed E-state index contributed by atoms with van der Waals surface area (Å²) in [7, 11) is 0. The fraction of sp³-hybridized carbons (Fsp3) is 0.214. The van der Waals surface area contributed by atoms with Crippen LogP contribution in [0.4, 0.5) is 11.4 Å². The molecule has 0 saturated heterocycles. The summed E-state index contributed by atoms with van der Waals surface area (Å²) in [6, 6.07) is 6.46. The van der Waals surface area contributed by atoms with Crippen molar-refractivity contribution >= 4 is 23.3 Å². The first-order chi connectivity index (χ1) is 10.1. The highest BCUT2D eigenvalue weighted by molar-refractivity contribution is 6.17. The van der Waals surface area contributed by atoms with Gasteiger partial charge in [-0.3, -0.25) is 15.2 Å². The molecule has 1 aliphatic heterocycles. The van der Waals surface area contributed by atoms with Crippen molar-refractivity contribution in [3.63, 3.8) is 0 Å². The molecule has 7 nitrogen and oxygen atoms in total. The lowest BCUT2D eigenvalue weighted by molar-refractivity contribution is -0.140. The van der Waals surface area contributed by atoms with E-state index in [1.807, 2.05) is 0 Å². The van der Waals surface area contributed by atoms with E-state index >= 15 is 0 Å². The van der Waals surface area contributed by atoms with Gasteiger partial charge in [0.2, 0.25) is 0 Å². The van der Waals surface area contributed by atoms with Gasteiger partial charge in [0, 0.05) is 0 Å². The minimum absolute atomic E-state index is 0.0583. The molecule has 7 heteroatoms. The minimum atomic E-state index is -0.851. The van der Waals surface area contributed by atoms with E-state index in [4.69, 9.17) is 11.3 Å². The molecule has 2 N–H and O–H groups in total. The topological polar surface area (TPSA) is 83.2 Å². The largest absolute Gasteiger partial charge is 0.509 e. The third kappa shape index (κ3) is 2.95. The monoisotopic (exact) mass is 287 g/mol. The van der Waals surface area contributed by atoms with E-state index in [0.717, 1.165) is 0 Å². The van der Waals surface area contributed by atoms with Gasteiger partial charge in [0.15, 0.2) is 11.3 Å². The molecule has 0 fully saturated rings. The molecule has 1 aromatic carbocycles. The molecule has 1 heterocycles. The summed E-state index contributed by atoms with van der Waals surface area (Å²) < 4.78 is 4.72. The number of ether oxygens (including phenoxy) is 1. The maximum atomic E-state index is 11.9. The molecule has 0 bridgehead atoms. The van der Waals surface area contributed by atoms with Crippen LogP contribution in [0.2, 0.25) is 0 Å². The Kier molecular flexibility index (Phi) is 4.09. The number of hydrogen-bond donors (Lipinski definition) is 2. The van der Waals surface area contributed by atoms with E-state index in [9.17, 15) is 14.7 Å². The number of nitrogens with zero attached hydrogens (tertiary/aromatic N) is 2. The van der Waals surface area contributed by atoms with Crippen LogP contribution in [-0.2, 0) is 14.3 Å². The molecule has 0 unspecified atom stereocenters. The zero-order valence-electron chi connectivity index (χ0n) is 11.3. The summed E-state index contributed by atoms with van der Waals surface area (Å²) in [6.45, 7) is 8.55. The van der Waals surface area contributed by atoms with Crippen molar-refractivity contribution in [3.8, 4) is 0 Å². The van der Waals surface area contributed by atoms with Gasteiger partial charge in [-0.1, -0.05) is 12.1 Å². The molecule has 0 radical (unpaired) electrons. The lowest BCUT2D eigenvalue weighted by Gasteiger charge is -2.29. The normalized spacial score (nSPS) is 14.5. The van der Waals surface area contributed by atoms with Crippen molar-refractivity contribution in [2.75, 3.05) is 18.2 Å². The third-order valence-electron chi connectivity index (χ3n) is 2.83. The second-order valence-electron chi connectivity index (χ2n) is 4.20. The molecule has 0 saturated carbocycles. The molecule has 0 aliphatic carbocycles. The fourth-order valence-corrected chi connectivity index (χ4v) is 1.85. The number of aliphatic hydroxyl groups excluding tert-OH is 1. The maximum Gasteiger partial charge on any atom is 0.347 e. The second kappa shape index (κ2) is 5.96. The van der Waals surface area contributed by atoms with E-state index in [-0.39, 0.29) is 24.5 Å². The van der Waals surface area contributed by atoms with E-state index in [0.29, 0.717) is 11.4 Å². The predicted molar refractivity (Wildman–Crippen MR) is 74.5 cm³/mol. The van der Waals surface area contributed by atoms with E-state index in [2.05, 4.69) is 10.3 Å². The number of nitrogens with one attached hydrogen (secondary N) is 1. The smallest absolute Gasteiger partial charge is 0.347 e. The van der Waals surface area contributed by atoms with Gasteiger partial charge in [0.05, 0.1) is 25.4 Å². The quantitative estimate of drug-likeness (QED) is 0.499. The number of hydrogen-bond acceptors (Lipinski definition) is 5. The highest BCUT2D eigenvalue weighted by Crippen LogP contribution is 2.22. The zero-order chi connectivity index (χ0) is 15.4. The van der Waals surface area contributed by atoms with Gasteiger partial charge in [-0.2, -0.15) is 0 Å². The number of esters is 1. The Morgan fingerprint density at radius 3 is 2.67 bits per heavy atom. The summed E-state index contributed by atoms with van der Waals surface area (Å²) in [4.78, 5) is 26.8. The Morgan fingerprint density at radius 2 is 2.14 bits per heavy atom. The van der Waals surface area contributed by atoms with Gasteiger partial charge in [0.1, 0.15) is 5.76 Å². The predicted octanol–water partition coefficient (Wildman–Crippen LogP) is 1.46. The SMILES string of the molecule is [C-]#[N+]c1ccc(N2CC(O)=C(C(=O)OCC)C(=O)N2)cc1. The van der Waals surface area contributed by atoms with Gasteiger partial charge in [-0.15, -0.1) is 0 Å². The minimum Gasteiger partial charge on any atom is -0.509 e. The van der Waals surface area contributed by atoms with Crippen LogP contribution in [-0.4, -0.2) is 30.1 Å². The van der Waals surface area contributed by atoms with Crippen LogP contribution in [0, 0.1) is 6.57 Å². The molecule has 0 spiro atoms. The molecule has 2 rings (SSSR count). The lowest BCUT2D eigenvalue weighted by Crippen LogP contribution is -2.50. The summed E-state index contributed by atoms with van der Waals surface area (Å²) >= 11 is 0. The number of benzene rings is 1. The van der Waals surface area contributed by atoms with Crippen molar-refractivity contribution < 1.29 is 19.4 Å². The number of aliphatic hydroxyl groups is 1. The van der Waals surface area contributed by atoms with Crippen LogP contribution >= 0.6 is 0 Å². The first-order valence-corrected chi connectivity index (χ1v) is 6.22. The molecular formula is C14H13N3O4. The molecule has 1 aliphatic rings. The number of anilines is 1. The highest BCUT2D eigenvalue weighted by atomic mass is 16.5. The van der Waals surface area contributed by atoms with Crippen molar-refractivity contribution in [1.82, 2.24) is 5.43 Å². The van der Waals surface area contributed by atoms with Crippen molar-refractivity contribution in [3.05, 3.63) is 47.0 Å². The Balaban J connectivity index is 2.23. The first kappa shape index (κ1) is 14.4. The summed E-state index contributed by atoms with van der Waals surface area (Å²) in [5, 5.41) is 11.3. The maximum absolute atomic E-state index is 11.9. The standard InChI is InChI=1S/C14H13N3O4/c1-3-21-14(20)12-11(18)8-17(16-13(12)19)10-6-4-9(15-2)5-7-10/h4-7,18H,3,8H2,1H3,(H,16,19). The van der Waals surface area contributed by atoms with Crippen LogP contribution in [0.25, 0.3) is 4.85 Å². The van der Waals surface area contributed by atoms with Crippen LogP contribution in [0.5, 0.6) is 0 Å². The van der Waals surface area contributed by atoms with Crippen LogP contribution in [0.3, 0.4) is 0 Å². The van der Waals surface area contributed by atoms with Gasteiger partial charge in [-0.05, 0) is 19.1 Å². The Hall–Kier alpha value is -3.01. The number of carbonyl (C=O) groups is 2.